The minimum absolute atomic E-state index is 0. The van der Waals surface area contributed by atoms with E-state index in [1.165, 1.54) is 0 Å². The largest absolute Gasteiger partial charge is 0.454 e. The Morgan fingerprint density at radius 2 is 2.04 bits per heavy atom. The zero-order valence-corrected chi connectivity index (χ0v) is 15.4. The molecule has 3 N–H and O–H groups in total. The first kappa shape index (κ1) is 17.4. The van der Waals surface area contributed by atoms with E-state index in [0.717, 1.165) is 34.3 Å². The van der Waals surface area contributed by atoms with Crippen molar-refractivity contribution in [1.29, 1.82) is 0 Å². The fourth-order valence-corrected chi connectivity index (χ4v) is 2.19. The summed E-state index contributed by atoms with van der Waals surface area (Å²) in [6, 6.07) is 5.90. The molecule has 0 saturated carbocycles. The van der Waals surface area contributed by atoms with Crippen molar-refractivity contribution in [3.05, 3.63) is 41.2 Å². The van der Waals surface area contributed by atoms with Crippen molar-refractivity contribution in [1.82, 2.24) is 20.8 Å². The summed E-state index contributed by atoms with van der Waals surface area (Å²) in [4.78, 5) is 4.21. The molecule has 1 aromatic carbocycles. The smallest absolute Gasteiger partial charge is 0.231 e. The van der Waals surface area contributed by atoms with E-state index in [4.69, 9.17) is 9.47 Å². The second kappa shape index (κ2) is 8.04. The minimum atomic E-state index is 0. The second-order valence-corrected chi connectivity index (χ2v) is 4.99. The van der Waals surface area contributed by atoms with Crippen LogP contribution < -0.4 is 20.1 Å². The van der Waals surface area contributed by atoms with Gasteiger partial charge in [-0.05, 0) is 24.6 Å². The average Bonchev–Trinajstić information content (AvgIpc) is 3.15. The monoisotopic (exact) mass is 429 g/mol. The van der Waals surface area contributed by atoms with Crippen LogP contribution in [0.2, 0.25) is 0 Å². The third kappa shape index (κ3) is 4.27. The standard InChI is InChI=1S/C15H19N5O2.HI/c1-10-12(8-19-20-10)7-18-15(16-2)17-6-11-3-4-13-14(5-11)22-9-21-13;/h3-5,8H,6-7,9H2,1-2H3,(H,19,20)(H2,16,17,18);1H. The number of fused-ring (bicyclic) bond motifs is 1. The lowest BCUT2D eigenvalue weighted by atomic mass is 10.2. The summed E-state index contributed by atoms with van der Waals surface area (Å²) in [5.74, 6) is 2.32. The van der Waals surface area contributed by atoms with Gasteiger partial charge in [-0.25, -0.2) is 0 Å². The summed E-state index contributed by atoms with van der Waals surface area (Å²) in [7, 11) is 1.75. The van der Waals surface area contributed by atoms with Crippen LogP contribution in [0.25, 0.3) is 0 Å². The molecule has 8 heteroatoms. The fraction of sp³-hybridized carbons (Fsp3) is 0.333. The van der Waals surface area contributed by atoms with Crippen LogP contribution in [0.3, 0.4) is 0 Å². The van der Waals surface area contributed by atoms with Crippen LogP contribution in [-0.4, -0.2) is 30.0 Å². The molecule has 23 heavy (non-hydrogen) atoms. The van der Waals surface area contributed by atoms with Gasteiger partial charge < -0.3 is 20.1 Å². The highest BCUT2D eigenvalue weighted by atomic mass is 127. The molecule has 0 bridgehead atoms. The lowest BCUT2D eigenvalue weighted by Crippen LogP contribution is -2.36. The van der Waals surface area contributed by atoms with Crippen LogP contribution >= 0.6 is 24.0 Å². The molecule has 0 spiro atoms. The van der Waals surface area contributed by atoms with E-state index < -0.39 is 0 Å². The molecule has 0 saturated heterocycles. The van der Waals surface area contributed by atoms with Gasteiger partial charge in [0.2, 0.25) is 6.79 Å². The van der Waals surface area contributed by atoms with Gasteiger partial charge in [-0.1, -0.05) is 6.07 Å². The number of aliphatic imine (C=N–C) groups is 1. The van der Waals surface area contributed by atoms with Gasteiger partial charge in [-0.2, -0.15) is 5.10 Å². The van der Waals surface area contributed by atoms with Gasteiger partial charge in [0.15, 0.2) is 17.5 Å². The normalized spacial score (nSPS) is 12.7. The van der Waals surface area contributed by atoms with E-state index in [0.29, 0.717) is 19.9 Å². The van der Waals surface area contributed by atoms with Gasteiger partial charge >= 0.3 is 0 Å². The number of nitrogens with zero attached hydrogens (tertiary/aromatic N) is 2. The fourth-order valence-electron chi connectivity index (χ4n) is 2.19. The number of aryl methyl sites for hydroxylation is 1. The van der Waals surface area contributed by atoms with E-state index in [2.05, 4.69) is 25.8 Å². The molecule has 3 rings (SSSR count). The Balaban J connectivity index is 0.00000192. The molecule has 0 atom stereocenters. The molecule has 0 radical (unpaired) electrons. The lowest BCUT2D eigenvalue weighted by Gasteiger charge is -2.12. The summed E-state index contributed by atoms with van der Waals surface area (Å²) in [6.45, 7) is 3.61. The van der Waals surface area contributed by atoms with Gasteiger partial charge in [0.05, 0.1) is 6.20 Å². The van der Waals surface area contributed by atoms with Crippen molar-refractivity contribution < 1.29 is 9.47 Å². The molecule has 2 aromatic rings. The number of rotatable bonds is 4. The third-order valence-corrected chi connectivity index (χ3v) is 3.50. The van der Waals surface area contributed by atoms with Gasteiger partial charge in [-0.3, -0.25) is 10.1 Å². The number of ether oxygens (including phenoxy) is 2. The molecule has 0 aliphatic carbocycles. The van der Waals surface area contributed by atoms with Crippen molar-refractivity contribution in [3.8, 4) is 11.5 Å². The average molecular weight is 429 g/mol. The number of aromatic amines is 1. The van der Waals surface area contributed by atoms with Gasteiger partial charge in [0, 0.05) is 31.4 Å². The number of halogens is 1. The molecule has 124 valence electrons. The summed E-state index contributed by atoms with van der Waals surface area (Å²) >= 11 is 0. The minimum Gasteiger partial charge on any atom is -0.454 e. The van der Waals surface area contributed by atoms with E-state index in [1.54, 1.807) is 7.05 Å². The molecular weight excluding hydrogens is 409 g/mol. The topological polar surface area (TPSA) is 83.6 Å². The summed E-state index contributed by atoms with van der Waals surface area (Å²) < 4.78 is 10.7. The quantitative estimate of drug-likeness (QED) is 0.393. The molecule has 2 heterocycles. The predicted octanol–water partition coefficient (Wildman–Crippen LogP) is 1.93. The van der Waals surface area contributed by atoms with Crippen LogP contribution in [-0.2, 0) is 13.1 Å². The van der Waals surface area contributed by atoms with E-state index in [-0.39, 0.29) is 24.0 Å². The van der Waals surface area contributed by atoms with E-state index >= 15 is 0 Å². The molecular formula is C15H20IN5O2. The van der Waals surface area contributed by atoms with Crippen LogP contribution in [0.4, 0.5) is 0 Å². The van der Waals surface area contributed by atoms with Gasteiger partial charge in [0.25, 0.3) is 0 Å². The SMILES string of the molecule is CN=C(NCc1ccc2c(c1)OCO2)NCc1cn[nH]c1C.I. The Bertz CT molecular complexity index is 686. The number of aromatic nitrogens is 2. The molecule has 1 aliphatic rings. The van der Waals surface area contributed by atoms with Crippen molar-refractivity contribution in [2.24, 2.45) is 4.99 Å². The summed E-state index contributed by atoms with van der Waals surface area (Å²) in [5, 5.41) is 13.4. The maximum Gasteiger partial charge on any atom is 0.231 e. The lowest BCUT2D eigenvalue weighted by molar-refractivity contribution is 0.174. The number of hydrogen-bond donors (Lipinski definition) is 3. The second-order valence-electron chi connectivity index (χ2n) is 4.99. The molecule has 1 aliphatic heterocycles. The zero-order chi connectivity index (χ0) is 15.4. The molecule has 1 aromatic heterocycles. The Hall–Kier alpha value is -1.97. The van der Waals surface area contributed by atoms with Crippen LogP contribution in [0.5, 0.6) is 11.5 Å². The van der Waals surface area contributed by atoms with Crippen LogP contribution in [0, 0.1) is 6.92 Å². The Labute approximate surface area is 151 Å². The number of hydrogen-bond acceptors (Lipinski definition) is 4. The Morgan fingerprint density at radius 1 is 1.26 bits per heavy atom. The Kier molecular flexibility index (Phi) is 6.08. The van der Waals surface area contributed by atoms with Crippen molar-refractivity contribution in [2.75, 3.05) is 13.8 Å². The van der Waals surface area contributed by atoms with Crippen molar-refractivity contribution in [2.45, 2.75) is 20.0 Å². The van der Waals surface area contributed by atoms with Crippen LogP contribution in [0.1, 0.15) is 16.8 Å². The first-order valence-corrected chi connectivity index (χ1v) is 7.08. The van der Waals surface area contributed by atoms with E-state index in [1.807, 2.05) is 31.3 Å². The first-order valence-electron chi connectivity index (χ1n) is 7.08. The highest BCUT2D eigenvalue weighted by Crippen LogP contribution is 2.32. The Morgan fingerprint density at radius 3 is 2.78 bits per heavy atom. The summed E-state index contributed by atoms with van der Waals surface area (Å²) in [5.41, 5.74) is 3.27. The number of nitrogens with one attached hydrogen (secondary N) is 3. The predicted molar refractivity (Wildman–Crippen MR) is 98.3 cm³/mol. The zero-order valence-electron chi connectivity index (χ0n) is 13.0. The maximum absolute atomic E-state index is 5.38. The van der Waals surface area contributed by atoms with Gasteiger partial charge in [0.1, 0.15) is 0 Å². The number of benzene rings is 1. The first-order chi connectivity index (χ1) is 10.8. The molecule has 7 nitrogen and oxygen atoms in total. The summed E-state index contributed by atoms with van der Waals surface area (Å²) in [6.07, 6.45) is 1.81. The molecule has 0 fully saturated rings. The van der Waals surface area contributed by atoms with Crippen molar-refractivity contribution in [3.63, 3.8) is 0 Å². The highest BCUT2D eigenvalue weighted by molar-refractivity contribution is 14.0. The van der Waals surface area contributed by atoms with Gasteiger partial charge in [-0.15, -0.1) is 24.0 Å². The maximum atomic E-state index is 5.38. The highest BCUT2D eigenvalue weighted by Gasteiger charge is 2.13. The number of H-pyrrole nitrogens is 1. The van der Waals surface area contributed by atoms with Crippen LogP contribution in [0.15, 0.2) is 29.4 Å². The molecule has 0 unspecified atom stereocenters. The third-order valence-electron chi connectivity index (χ3n) is 3.50. The molecule has 0 amide bonds. The number of guanidine groups is 1. The van der Waals surface area contributed by atoms with Crippen molar-refractivity contribution >= 4 is 29.9 Å². The van der Waals surface area contributed by atoms with E-state index in [9.17, 15) is 0 Å².